The Labute approximate surface area is 177 Å². The van der Waals surface area contributed by atoms with Gasteiger partial charge in [-0.3, -0.25) is 4.79 Å². The fourth-order valence-corrected chi connectivity index (χ4v) is 2.74. The number of amides is 1. The summed E-state index contributed by atoms with van der Waals surface area (Å²) in [4.78, 5) is 12.2. The topological polar surface area (TPSA) is 66.3 Å². The molecule has 0 radical (unpaired) electrons. The lowest BCUT2D eigenvalue weighted by molar-refractivity contribution is 0.0905. The number of alkyl halides is 3. The van der Waals surface area contributed by atoms with Gasteiger partial charge in [0.1, 0.15) is 6.17 Å². The number of nitrogens with one attached hydrogen (secondary N) is 3. The van der Waals surface area contributed by atoms with Gasteiger partial charge in [0.15, 0.2) is 15.5 Å². The van der Waals surface area contributed by atoms with Crippen molar-refractivity contribution < 1.29 is 9.21 Å². The third-order valence-corrected chi connectivity index (χ3v) is 4.43. The minimum Gasteiger partial charge on any atom is -0.444 e. The summed E-state index contributed by atoms with van der Waals surface area (Å²) in [5.41, 5.74) is 0.561. The number of halogens is 5. The van der Waals surface area contributed by atoms with Gasteiger partial charge in [-0.25, -0.2) is 0 Å². The molecule has 3 N–H and O–H groups in total. The fraction of sp³-hybridized carbons (Fsp3) is 0.143. The van der Waals surface area contributed by atoms with Crippen LogP contribution in [0.4, 0.5) is 5.69 Å². The first kappa shape index (κ1) is 20.6. The first-order valence-corrected chi connectivity index (χ1v) is 9.33. The molecule has 1 aromatic heterocycles. The van der Waals surface area contributed by atoms with Crippen LogP contribution in [0.2, 0.25) is 5.02 Å². The van der Waals surface area contributed by atoms with E-state index in [2.05, 4.69) is 31.9 Å². The average molecular weight is 506 g/mol. The summed E-state index contributed by atoms with van der Waals surface area (Å²) < 4.78 is 3.67. The summed E-state index contributed by atoms with van der Waals surface area (Å²) in [5.74, 6) is -0.548. The second-order valence-corrected chi connectivity index (χ2v) is 8.60. The van der Waals surface area contributed by atoms with Gasteiger partial charge in [0, 0.05) is 0 Å². The largest absolute Gasteiger partial charge is 0.444 e. The van der Waals surface area contributed by atoms with Crippen molar-refractivity contribution in [3.8, 4) is 0 Å². The number of benzene rings is 1. The molecule has 134 valence electrons. The van der Waals surface area contributed by atoms with Crippen molar-refractivity contribution in [2.75, 3.05) is 5.32 Å². The molecule has 1 aromatic carbocycles. The van der Waals surface area contributed by atoms with Gasteiger partial charge in [-0.15, -0.1) is 0 Å². The number of thiocarbonyl (C=S) groups is 1. The van der Waals surface area contributed by atoms with Gasteiger partial charge in [0.25, 0.3) is 5.91 Å². The molecule has 11 heteroatoms. The maximum atomic E-state index is 12.2. The van der Waals surface area contributed by atoms with Crippen LogP contribution in [0.15, 0.2) is 45.5 Å². The summed E-state index contributed by atoms with van der Waals surface area (Å²) in [6.07, 6.45) is -1.13. The molecule has 0 saturated carbocycles. The number of anilines is 1. The van der Waals surface area contributed by atoms with E-state index in [1.165, 1.54) is 6.07 Å². The highest BCUT2D eigenvalue weighted by atomic mass is 79.9. The molecule has 0 spiro atoms. The number of rotatable bonds is 4. The number of hydrogen-bond donors (Lipinski definition) is 3. The van der Waals surface area contributed by atoms with E-state index in [-0.39, 0.29) is 10.9 Å². The van der Waals surface area contributed by atoms with E-state index in [0.29, 0.717) is 15.4 Å². The minimum absolute atomic E-state index is 0.0397. The predicted octanol–water partition coefficient (Wildman–Crippen LogP) is 5.11. The van der Waals surface area contributed by atoms with E-state index in [1.54, 1.807) is 30.3 Å². The van der Waals surface area contributed by atoms with Crippen molar-refractivity contribution in [3.05, 3.63) is 51.9 Å². The zero-order chi connectivity index (χ0) is 18.6. The second kappa shape index (κ2) is 8.79. The molecule has 0 bridgehead atoms. The van der Waals surface area contributed by atoms with Crippen LogP contribution >= 0.6 is 74.6 Å². The van der Waals surface area contributed by atoms with Crippen LogP contribution < -0.4 is 16.0 Å². The molecule has 0 unspecified atom stereocenters. The Morgan fingerprint density at radius 3 is 2.40 bits per heavy atom. The molecule has 0 aliphatic heterocycles. The monoisotopic (exact) mass is 503 g/mol. The maximum Gasteiger partial charge on any atom is 0.288 e. The van der Waals surface area contributed by atoms with Gasteiger partial charge < -0.3 is 20.4 Å². The molecule has 0 fully saturated rings. The molecular weight excluding hydrogens is 496 g/mol. The van der Waals surface area contributed by atoms with Crippen molar-refractivity contribution in [1.29, 1.82) is 0 Å². The van der Waals surface area contributed by atoms with E-state index in [4.69, 9.17) is 63.0 Å². The van der Waals surface area contributed by atoms with Gasteiger partial charge in [0.2, 0.25) is 3.79 Å². The second-order valence-electron chi connectivity index (χ2n) is 4.63. The van der Waals surface area contributed by atoms with Crippen LogP contribution in [0.3, 0.4) is 0 Å². The average Bonchev–Trinajstić information content (AvgIpc) is 2.94. The van der Waals surface area contributed by atoms with Crippen molar-refractivity contribution in [1.82, 2.24) is 10.6 Å². The molecule has 0 aliphatic rings. The lowest BCUT2D eigenvalue weighted by Gasteiger charge is -2.27. The summed E-state index contributed by atoms with van der Waals surface area (Å²) in [7, 11) is 0. The van der Waals surface area contributed by atoms with Crippen molar-refractivity contribution in [3.63, 3.8) is 0 Å². The van der Waals surface area contributed by atoms with Gasteiger partial charge in [0.05, 0.1) is 10.7 Å². The van der Waals surface area contributed by atoms with Crippen LogP contribution in [-0.2, 0) is 0 Å². The normalized spacial score (nSPS) is 12.4. The summed E-state index contributed by atoms with van der Waals surface area (Å²) in [6, 6.07) is 10.00. The highest BCUT2D eigenvalue weighted by Gasteiger charge is 2.35. The Morgan fingerprint density at radius 2 is 1.84 bits per heavy atom. The lowest BCUT2D eigenvalue weighted by Crippen LogP contribution is -2.56. The van der Waals surface area contributed by atoms with Crippen molar-refractivity contribution in [2.45, 2.75) is 9.96 Å². The van der Waals surface area contributed by atoms with E-state index >= 15 is 0 Å². The molecule has 2 aromatic rings. The molecule has 0 saturated heterocycles. The quantitative estimate of drug-likeness (QED) is 0.306. The van der Waals surface area contributed by atoms with Gasteiger partial charge in [-0.05, 0) is 52.4 Å². The Morgan fingerprint density at radius 1 is 1.16 bits per heavy atom. The van der Waals surface area contributed by atoms with Crippen LogP contribution in [0, 0.1) is 0 Å². The summed E-state index contributed by atoms with van der Waals surface area (Å²) in [5, 5.41) is 8.64. The zero-order valence-corrected chi connectivity index (χ0v) is 17.6. The van der Waals surface area contributed by atoms with E-state index in [0.717, 1.165) is 0 Å². The van der Waals surface area contributed by atoms with E-state index in [9.17, 15) is 4.79 Å². The molecule has 25 heavy (non-hydrogen) atoms. The summed E-state index contributed by atoms with van der Waals surface area (Å²) in [6.45, 7) is 0. The van der Waals surface area contributed by atoms with Gasteiger partial charge >= 0.3 is 0 Å². The third-order valence-electron chi connectivity index (χ3n) is 2.80. The lowest BCUT2D eigenvalue weighted by atomic mass is 10.3. The van der Waals surface area contributed by atoms with E-state index < -0.39 is 15.9 Å². The first-order valence-electron chi connectivity index (χ1n) is 6.62. The predicted molar refractivity (Wildman–Crippen MR) is 109 cm³/mol. The standard InChI is InChI=1S/C14H10BrCl4N3O2S/c15-10-6-5-9(24-10)11(23)21-12(14(17,18)19)22-13(25)20-8-4-2-1-3-7(8)16/h1-6,12H,(H,21,23)(H2,20,22,25)/t12-/m1/s1. The molecule has 0 aliphatic carbocycles. The summed E-state index contributed by atoms with van der Waals surface area (Å²) >= 11 is 32.1. The number of carbonyl (C=O) groups excluding carboxylic acids is 1. The fourth-order valence-electron chi connectivity index (χ4n) is 1.69. The third kappa shape index (κ3) is 6.20. The molecule has 1 amide bonds. The SMILES string of the molecule is O=C(N[C@H](NC(=S)Nc1ccccc1Cl)C(Cl)(Cl)Cl)c1ccc(Br)o1. The maximum absolute atomic E-state index is 12.2. The number of carbonyl (C=O) groups is 1. The Hall–Kier alpha value is -0.700. The van der Waals surface area contributed by atoms with E-state index in [1.807, 2.05) is 0 Å². The molecular formula is C14H10BrCl4N3O2S. The van der Waals surface area contributed by atoms with Crippen LogP contribution in [0.5, 0.6) is 0 Å². The van der Waals surface area contributed by atoms with Crippen LogP contribution in [0.1, 0.15) is 10.6 Å². The highest BCUT2D eigenvalue weighted by molar-refractivity contribution is 9.10. The molecule has 2 rings (SSSR count). The van der Waals surface area contributed by atoms with Crippen molar-refractivity contribution in [2.24, 2.45) is 0 Å². The van der Waals surface area contributed by atoms with Gasteiger partial charge in [-0.2, -0.15) is 0 Å². The highest BCUT2D eigenvalue weighted by Crippen LogP contribution is 2.29. The minimum atomic E-state index is -1.88. The zero-order valence-electron chi connectivity index (χ0n) is 12.2. The van der Waals surface area contributed by atoms with Gasteiger partial charge in [-0.1, -0.05) is 58.5 Å². The smallest absolute Gasteiger partial charge is 0.288 e. The Balaban J connectivity index is 2.06. The first-order chi connectivity index (χ1) is 11.7. The Bertz CT molecular complexity index is 781. The number of hydrogen-bond acceptors (Lipinski definition) is 3. The van der Waals surface area contributed by atoms with Crippen LogP contribution in [-0.4, -0.2) is 21.0 Å². The molecule has 1 atom stereocenters. The van der Waals surface area contributed by atoms with Crippen molar-refractivity contribution >= 4 is 91.3 Å². The van der Waals surface area contributed by atoms with Crippen LogP contribution in [0.25, 0.3) is 0 Å². The Kier molecular flexibility index (Phi) is 7.25. The number of para-hydroxylation sites is 1. The number of furan rings is 1. The molecule has 5 nitrogen and oxygen atoms in total. The molecule has 1 heterocycles.